The molecule has 3 N–H and O–H groups in total. The average Bonchev–Trinajstić information content (AvgIpc) is 3.22. The van der Waals surface area contributed by atoms with Crippen LogP contribution in [0.2, 0.25) is 0 Å². The minimum atomic E-state index is -0.421. The van der Waals surface area contributed by atoms with Gasteiger partial charge in [-0.25, -0.2) is 9.49 Å². The first-order valence-corrected chi connectivity index (χ1v) is 8.79. The number of carbonyl (C=O) groups excluding carboxylic acids is 2. The summed E-state index contributed by atoms with van der Waals surface area (Å²) in [5, 5.41) is 9.26. The number of benzene rings is 1. The number of aromatic amines is 1. The fraction of sp³-hybridized carbons (Fsp3) is 0.263. The van der Waals surface area contributed by atoms with Crippen LogP contribution in [0, 0.1) is 19.7 Å². The quantitative estimate of drug-likeness (QED) is 0.521. The second-order valence-corrected chi connectivity index (χ2v) is 6.72. The predicted molar refractivity (Wildman–Crippen MR) is 101 cm³/mol. The first-order valence-electron chi connectivity index (χ1n) is 8.79. The van der Waals surface area contributed by atoms with Gasteiger partial charge in [0, 0.05) is 22.6 Å². The number of likely N-dealkylation sites (N-methyl/N-ethyl adjacent to an activating group) is 1. The van der Waals surface area contributed by atoms with Gasteiger partial charge in [0.25, 0.3) is 5.91 Å². The van der Waals surface area contributed by atoms with Gasteiger partial charge in [0.2, 0.25) is 11.7 Å². The number of aryl methyl sites for hydroxylation is 1. The molecule has 3 rings (SSSR count). The Bertz CT molecular complexity index is 996. The SMILES string of the molecule is Cc1cc(C(=O)C[NH+](C)CC(=O)Nc2cccc(F)c2)c(C)n1-c1ncn[nH]1. The molecule has 2 heterocycles. The van der Waals surface area contributed by atoms with Crippen LogP contribution < -0.4 is 10.2 Å². The van der Waals surface area contributed by atoms with Crippen LogP contribution in [0.1, 0.15) is 21.7 Å². The number of quaternary nitrogens is 1. The summed E-state index contributed by atoms with van der Waals surface area (Å²) in [4.78, 5) is 29.7. The van der Waals surface area contributed by atoms with Crippen molar-refractivity contribution in [3.8, 4) is 5.95 Å². The number of halogens is 1. The first kappa shape index (κ1) is 19.4. The van der Waals surface area contributed by atoms with Crippen molar-refractivity contribution >= 4 is 17.4 Å². The number of amides is 1. The first-order chi connectivity index (χ1) is 13.3. The highest BCUT2D eigenvalue weighted by Crippen LogP contribution is 2.18. The number of hydrogen-bond acceptors (Lipinski definition) is 4. The molecule has 28 heavy (non-hydrogen) atoms. The monoisotopic (exact) mass is 385 g/mol. The molecule has 3 aromatic rings. The molecule has 1 aromatic carbocycles. The molecule has 0 spiro atoms. The summed E-state index contributed by atoms with van der Waals surface area (Å²) in [6, 6.07) is 7.49. The van der Waals surface area contributed by atoms with Crippen molar-refractivity contribution in [3.63, 3.8) is 0 Å². The van der Waals surface area contributed by atoms with E-state index in [9.17, 15) is 14.0 Å². The van der Waals surface area contributed by atoms with Gasteiger partial charge >= 0.3 is 0 Å². The summed E-state index contributed by atoms with van der Waals surface area (Å²) in [6.45, 7) is 3.96. The topological polar surface area (TPSA) is 97.1 Å². The van der Waals surface area contributed by atoms with Crippen LogP contribution in [0.5, 0.6) is 0 Å². The molecule has 1 unspecified atom stereocenters. The second kappa shape index (κ2) is 8.13. The van der Waals surface area contributed by atoms with E-state index in [4.69, 9.17) is 0 Å². The number of Topliss-reactive ketones (excluding diaryl/α,β-unsaturated/α-hetero) is 1. The number of aromatic nitrogens is 4. The van der Waals surface area contributed by atoms with Gasteiger partial charge < -0.3 is 10.2 Å². The van der Waals surface area contributed by atoms with Crippen molar-refractivity contribution in [2.45, 2.75) is 13.8 Å². The summed E-state index contributed by atoms with van der Waals surface area (Å²) < 4.78 is 15.0. The van der Waals surface area contributed by atoms with E-state index < -0.39 is 5.82 Å². The van der Waals surface area contributed by atoms with Crippen molar-refractivity contribution in [3.05, 3.63) is 59.4 Å². The molecule has 1 atom stereocenters. The molecule has 0 saturated heterocycles. The highest BCUT2D eigenvalue weighted by atomic mass is 19.1. The van der Waals surface area contributed by atoms with Gasteiger partial charge in [-0.05, 0) is 38.1 Å². The minimum Gasteiger partial charge on any atom is -0.323 e. The van der Waals surface area contributed by atoms with Crippen molar-refractivity contribution in [2.24, 2.45) is 0 Å². The number of H-pyrrole nitrogens is 1. The van der Waals surface area contributed by atoms with Crippen LogP contribution in [-0.4, -0.2) is 51.6 Å². The van der Waals surface area contributed by atoms with Crippen LogP contribution in [0.3, 0.4) is 0 Å². The number of rotatable bonds is 7. The number of hydrogen-bond donors (Lipinski definition) is 3. The highest BCUT2D eigenvalue weighted by molar-refractivity contribution is 5.98. The third kappa shape index (κ3) is 4.32. The van der Waals surface area contributed by atoms with Crippen LogP contribution in [-0.2, 0) is 4.79 Å². The largest absolute Gasteiger partial charge is 0.323 e. The summed E-state index contributed by atoms with van der Waals surface area (Å²) in [6.07, 6.45) is 1.41. The van der Waals surface area contributed by atoms with Gasteiger partial charge in [0.05, 0.1) is 7.05 Å². The normalized spacial score (nSPS) is 12.0. The molecule has 0 radical (unpaired) electrons. The number of carbonyl (C=O) groups is 2. The maximum Gasteiger partial charge on any atom is 0.279 e. The highest BCUT2D eigenvalue weighted by Gasteiger charge is 2.21. The molecule has 146 valence electrons. The Morgan fingerprint density at radius 1 is 1.25 bits per heavy atom. The zero-order chi connectivity index (χ0) is 20.3. The van der Waals surface area contributed by atoms with E-state index in [2.05, 4.69) is 20.5 Å². The molecular weight excluding hydrogens is 363 g/mol. The van der Waals surface area contributed by atoms with E-state index >= 15 is 0 Å². The lowest BCUT2D eigenvalue weighted by Crippen LogP contribution is -3.11. The van der Waals surface area contributed by atoms with Gasteiger partial charge in [-0.1, -0.05) is 6.07 Å². The Morgan fingerprint density at radius 2 is 2.04 bits per heavy atom. The molecule has 0 aliphatic rings. The van der Waals surface area contributed by atoms with E-state index in [1.165, 1.54) is 24.5 Å². The third-order valence-corrected chi connectivity index (χ3v) is 4.38. The zero-order valence-corrected chi connectivity index (χ0v) is 15.9. The molecule has 0 fully saturated rings. The summed E-state index contributed by atoms with van der Waals surface area (Å²) in [5.41, 5.74) is 2.59. The van der Waals surface area contributed by atoms with Gasteiger partial charge in [-0.3, -0.25) is 14.2 Å². The maximum absolute atomic E-state index is 13.2. The molecule has 0 saturated carbocycles. The van der Waals surface area contributed by atoms with Gasteiger partial charge in [0.1, 0.15) is 18.7 Å². The average molecular weight is 385 g/mol. The third-order valence-electron chi connectivity index (χ3n) is 4.38. The number of anilines is 1. The van der Waals surface area contributed by atoms with Crippen LogP contribution in [0.25, 0.3) is 5.95 Å². The Balaban J connectivity index is 1.63. The van der Waals surface area contributed by atoms with Crippen molar-refractivity contribution in [1.29, 1.82) is 0 Å². The molecule has 0 aliphatic carbocycles. The smallest absolute Gasteiger partial charge is 0.279 e. The lowest BCUT2D eigenvalue weighted by molar-refractivity contribution is -0.861. The van der Waals surface area contributed by atoms with E-state index in [1.807, 2.05) is 18.4 Å². The van der Waals surface area contributed by atoms with Crippen LogP contribution >= 0.6 is 0 Å². The Hall–Kier alpha value is -3.33. The van der Waals surface area contributed by atoms with Crippen molar-refractivity contribution in [1.82, 2.24) is 19.7 Å². The van der Waals surface area contributed by atoms with Gasteiger partial charge in [-0.2, -0.15) is 10.1 Å². The summed E-state index contributed by atoms with van der Waals surface area (Å²) in [5.74, 6) is -0.238. The number of ketones is 1. The number of nitrogens with one attached hydrogen (secondary N) is 3. The Labute approximate surface area is 161 Å². The van der Waals surface area contributed by atoms with E-state index in [-0.39, 0.29) is 24.8 Å². The van der Waals surface area contributed by atoms with Crippen molar-refractivity contribution < 1.29 is 18.9 Å². The Kier molecular flexibility index (Phi) is 5.65. The Morgan fingerprint density at radius 3 is 2.71 bits per heavy atom. The molecule has 2 aromatic heterocycles. The fourth-order valence-electron chi connectivity index (χ4n) is 3.16. The lowest BCUT2D eigenvalue weighted by atomic mass is 10.1. The molecule has 8 nitrogen and oxygen atoms in total. The lowest BCUT2D eigenvalue weighted by Gasteiger charge is -2.13. The summed E-state index contributed by atoms with van der Waals surface area (Å²) >= 11 is 0. The molecule has 0 aliphatic heterocycles. The predicted octanol–water partition coefficient (Wildman–Crippen LogP) is 0.687. The van der Waals surface area contributed by atoms with E-state index in [1.54, 1.807) is 19.2 Å². The van der Waals surface area contributed by atoms with Gasteiger partial charge in [-0.15, -0.1) is 0 Å². The van der Waals surface area contributed by atoms with E-state index in [0.29, 0.717) is 17.2 Å². The van der Waals surface area contributed by atoms with Gasteiger partial charge in [0.15, 0.2) is 6.54 Å². The fourth-order valence-corrected chi connectivity index (χ4v) is 3.16. The standard InChI is InChI=1S/C19H21FN6O2/c1-12-7-16(13(2)26(12)19-21-11-22-24-19)17(27)9-25(3)10-18(28)23-15-6-4-5-14(20)8-15/h4-8,11H,9-10H2,1-3H3,(H,23,28)(H,21,22,24)/p+1. The maximum atomic E-state index is 13.2. The molecule has 1 amide bonds. The molecular formula is C19H22FN6O2+. The van der Waals surface area contributed by atoms with Crippen LogP contribution in [0.15, 0.2) is 36.7 Å². The molecule has 9 heteroatoms. The van der Waals surface area contributed by atoms with E-state index in [0.717, 1.165) is 16.3 Å². The minimum absolute atomic E-state index is 0.0741. The summed E-state index contributed by atoms with van der Waals surface area (Å²) in [7, 11) is 1.76. The van der Waals surface area contributed by atoms with Crippen molar-refractivity contribution in [2.75, 3.05) is 25.5 Å². The molecule has 0 bridgehead atoms. The second-order valence-electron chi connectivity index (χ2n) is 6.72. The zero-order valence-electron chi connectivity index (χ0n) is 15.9. The van der Waals surface area contributed by atoms with Crippen LogP contribution in [0.4, 0.5) is 10.1 Å². The number of nitrogens with zero attached hydrogens (tertiary/aromatic N) is 3.